The normalized spacial score (nSPS) is 16.0. The van der Waals surface area contributed by atoms with Crippen LogP contribution in [0.3, 0.4) is 0 Å². The third-order valence-corrected chi connectivity index (χ3v) is 9.00. The fourth-order valence-corrected chi connectivity index (χ4v) is 6.48. The van der Waals surface area contributed by atoms with Crippen molar-refractivity contribution >= 4 is 11.6 Å². The molecule has 2 N–H and O–H groups in total. The number of nitrogens with zero attached hydrogens (tertiary/aromatic N) is 3. The number of hydrogen-bond acceptors (Lipinski definition) is 7. The third-order valence-electron chi connectivity index (χ3n) is 9.00. The zero-order chi connectivity index (χ0) is 32.7. The van der Waals surface area contributed by atoms with E-state index in [1.807, 2.05) is 6.07 Å². The summed E-state index contributed by atoms with van der Waals surface area (Å²) in [6.07, 6.45) is 4.26. The number of fused-ring (bicyclic) bond motifs is 1. The van der Waals surface area contributed by atoms with Gasteiger partial charge in [0.25, 0.3) is 11.5 Å². The molecule has 6 rings (SSSR count). The van der Waals surface area contributed by atoms with Gasteiger partial charge in [0, 0.05) is 42.7 Å². The third kappa shape index (κ3) is 5.51. The predicted molar refractivity (Wildman–Crippen MR) is 172 cm³/mol. The predicted octanol–water partition coefficient (Wildman–Crippen LogP) is 5.17. The number of nitrogens with one attached hydrogen (secondary N) is 1. The number of carbonyl (C=O) groups excluding carboxylic acids is 1. The molecule has 1 aliphatic carbocycles. The highest BCUT2D eigenvalue weighted by atomic mass is 19.1. The molecule has 1 aliphatic heterocycles. The van der Waals surface area contributed by atoms with Crippen molar-refractivity contribution in [2.75, 3.05) is 25.6 Å². The zero-order valence-corrected chi connectivity index (χ0v) is 26.1. The lowest BCUT2D eigenvalue weighted by Crippen LogP contribution is -2.40. The molecule has 0 saturated carbocycles. The Bertz CT molecular complexity index is 2030. The summed E-state index contributed by atoms with van der Waals surface area (Å²) in [7, 11) is 4.33. The minimum atomic E-state index is -0.712. The molecule has 4 aromatic rings. The van der Waals surface area contributed by atoms with Gasteiger partial charge in [-0.1, -0.05) is 24.3 Å². The van der Waals surface area contributed by atoms with E-state index in [-0.39, 0.29) is 18.1 Å². The molecule has 0 saturated heterocycles. The summed E-state index contributed by atoms with van der Waals surface area (Å²) < 4.78 is 29.5. The Morgan fingerprint density at radius 2 is 1.87 bits per heavy atom. The van der Waals surface area contributed by atoms with Crippen molar-refractivity contribution in [3.63, 3.8) is 0 Å². The number of carbonyl (C=O) groups is 1. The highest BCUT2D eigenvalue weighted by Crippen LogP contribution is 2.45. The van der Waals surface area contributed by atoms with Crippen molar-refractivity contribution in [2.45, 2.75) is 38.5 Å². The number of aromatic nitrogens is 3. The topological polar surface area (TPSA) is 125 Å². The Hall–Kier alpha value is -5.03. The first-order valence-electron chi connectivity index (χ1n) is 15.1. The van der Waals surface area contributed by atoms with Crippen LogP contribution in [0.1, 0.15) is 52.2 Å². The smallest absolute Gasteiger partial charge is 0.330 e. The number of halogens is 1. The molecule has 238 valence electrons. The molecule has 2 aromatic heterocycles. The first-order valence-corrected chi connectivity index (χ1v) is 15.1. The summed E-state index contributed by atoms with van der Waals surface area (Å²) in [5, 5.41) is 13.1. The summed E-state index contributed by atoms with van der Waals surface area (Å²) in [6.45, 7) is 2.59. The Morgan fingerprint density at radius 1 is 1.13 bits per heavy atom. The van der Waals surface area contributed by atoms with Crippen LogP contribution in [0, 0.1) is 12.7 Å². The average molecular weight is 627 g/mol. The second-order valence-electron chi connectivity index (χ2n) is 11.8. The summed E-state index contributed by atoms with van der Waals surface area (Å²) in [5.41, 5.74) is 4.26. The van der Waals surface area contributed by atoms with E-state index < -0.39 is 23.0 Å². The monoisotopic (exact) mass is 626 g/mol. The first kappa shape index (κ1) is 31.0. The maximum absolute atomic E-state index is 16.4. The molecule has 0 unspecified atom stereocenters. The van der Waals surface area contributed by atoms with Crippen molar-refractivity contribution in [3.05, 3.63) is 109 Å². The van der Waals surface area contributed by atoms with Crippen molar-refractivity contribution in [1.82, 2.24) is 14.1 Å². The van der Waals surface area contributed by atoms with Gasteiger partial charge in [-0.3, -0.25) is 14.2 Å². The Labute approximate surface area is 264 Å². The zero-order valence-electron chi connectivity index (χ0n) is 26.1. The number of aliphatic hydroxyl groups is 1. The van der Waals surface area contributed by atoms with Crippen molar-refractivity contribution in [1.29, 1.82) is 0 Å². The van der Waals surface area contributed by atoms with Crippen molar-refractivity contribution in [3.8, 4) is 28.3 Å². The van der Waals surface area contributed by atoms with Crippen LogP contribution in [0.15, 0.2) is 69.6 Å². The maximum Gasteiger partial charge on any atom is 0.330 e. The largest absolute Gasteiger partial charge is 0.510 e. The van der Waals surface area contributed by atoms with Gasteiger partial charge in [0.05, 0.1) is 19.4 Å². The summed E-state index contributed by atoms with van der Waals surface area (Å²) >= 11 is 0. The number of benzene rings is 2. The van der Waals surface area contributed by atoms with Gasteiger partial charge >= 0.3 is 5.69 Å². The second kappa shape index (κ2) is 12.4. The summed E-state index contributed by atoms with van der Waals surface area (Å²) in [5.74, 6) is -0.252. The van der Waals surface area contributed by atoms with Crippen LogP contribution >= 0.6 is 0 Å². The van der Waals surface area contributed by atoms with E-state index in [4.69, 9.17) is 14.5 Å². The van der Waals surface area contributed by atoms with Gasteiger partial charge in [0.2, 0.25) is 5.88 Å². The molecule has 3 heterocycles. The lowest BCUT2D eigenvalue weighted by molar-refractivity contribution is 0.102. The number of aliphatic hydroxyl groups excluding tert-OH is 1. The number of pyridine rings is 1. The van der Waals surface area contributed by atoms with E-state index in [9.17, 15) is 19.5 Å². The molecule has 0 spiro atoms. The second-order valence-corrected chi connectivity index (χ2v) is 11.8. The molecule has 0 radical (unpaired) electrons. The Balaban J connectivity index is 1.33. The van der Waals surface area contributed by atoms with E-state index in [1.165, 1.54) is 20.3 Å². The van der Waals surface area contributed by atoms with Crippen LogP contribution in [0.5, 0.6) is 5.88 Å². The molecular weight excluding hydrogens is 591 g/mol. The molecule has 1 atom stereocenters. The Kier molecular flexibility index (Phi) is 8.35. The molecule has 10 nitrogen and oxygen atoms in total. The van der Waals surface area contributed by atoms with Crippen LogP contribution in [0.4, 0.5) is 10.1 Å². The number of methoxy groups -OCH3 is 1. The molecule has 2 aliphatic rings. The minimum Gasteiger partial charge on any atom is -0.510 e. The van der Waals surface area contributed by atoms with E-state index in [2.05, 4.69) is 5.32 Å². The SMILES string of the molecule is COc1nc(-c2cccc(-c3cccc(NC(=O)c4cn(C)c(=O)n(C)c4=O)c3C)c2F)cc2c1[C@H](CC1=C(O)COCC1)CC2. The molecule has 2 aromatic carbocycles. The summed E-state index contributed by atoms with van der Waals surface area (Å²) in [6, 6.07) is 12.2. The van der Waals surface area contributed by atoms with Gasteiger partial charge in [-0.2, -0.15) is 0 Å². The van der Waals surface area contributed by atoms with Crippen LogP contribution in [-0.2, 0) is 25.3 Å². The minimum absolute atomic E-state index is 0.138. The molecule has 11 heteroatoms. The maximum atomic E-state index is 16.4. The fourth-order valence-electron chi connectivity index (χ4n) is 6.48. The van der Waals surface area contributed by atoms with Gasteiger partial charge in [0.1, 0.15) is 23.7 Å². The van der Waals surface area contributed by atoms with E-state index in [1.54, 1.807) is 50.4 Å². The molecule has 0 bridgehead atoms. The average Bonchev–Trinajstić information content (AvgIpc) is 3.46. The molecule has 1 amide bonds. The van der Waals surface area contributed by atoms with E-state index in [0.29, 0.717) is 64.7 Å². The van der Waals surface area contributed by atoms with Crippen molar-refractivity contribution < 1.29 is 23.8 Å². The van der Waals surface area contributed by atoms with Crippen molar-refractivity contribution in [2.24, 2.45) is 14.1 Å². The molecule has 46 heavy (non-hydrogen) atoms. The number of ether oxygens (including phenoxy) is 2. The lowest BCUT2D eigenvalue weighted by atomic mass is 9.91. The lowest BCUT2D eigenvalue weighted by Gasteiger charge is -2.21. The van der Waals surface area contributed by atoms with E-state index >= 15 is 4.39 Å². The fraction of sp³-hybridized carbons (Fsp3) is 0.314. The van der Waals surface area contributed by atoms with Crippen LogP contribution < -0.4 is 21.3 Å². The number of aryl methyl sites for hydroxylation is 2. The van der Waals surface area contributed by atoms with Gasteiger partial charge in [-0.05, 0) is 79.0 Å². The van der Waals surface area contributed by atoms with Crippen LogP contribution in [0.2, 0.25) is 0 Å². The number of hydrogen-bond donors (Lipinski definition) is 2. The molecular formula is C35H35FN4O6. The van der Waals surface area contributed by atoms with Crippen LogP contribution in [-0.4, -0.2) is 45.5 Å². The summed E-state index contributed by atoms with van der Waals surface area (Å²) in [4.78, 5) is 42.5. The highest BCUT2D eigenvalue weighted by Gasteiger charge is 2.31. The van der Waals surface area contributed by atoms with Gasteiger partial charge < -0.3 is 24.5 Å². The van der Waals surface area contributed by atoms with Gasteiger partial charge in [0.15, 0.2) is 0 Å². The van der Waals surface area contributed by atoms with Gasteiger partial charge in [-0.25, -0.2) is 14.2 Å². The Morgan fingerprint density at radius 3 is 2.63 bits per heavy atom. The van der Waals surface area contributed by atoms with Crippen LogP contribution in [0.25, 0.3) is 22.4 Å². The number of rotatable bonds is 7. The number of anilines is 1. The quantitative estimate of drug-likeness (QED) is 0.290. The highest BCUT2D eigenvalue weighted by molar-refractivity contribution is 6.04. The number of amides is 1. The van der Waals surface area contributed by atoms with Gasteiger partial charge in [-0.15, -0.1) is 0 Å². The first-order chi connectivity index (χ1) is 22.1. The standard InChI is InChI=1S/C35H35FN4O6/c1-19-23(7-6-10-27(19)37-32(42)26-17-39(2)35(44)40(3)34(26)43)24-8-5-9-25(31(24)36)28-16-22-12-11-21(30(22)33(38-28)45-4)15-20-13-14-46-18-29(20)41/h5-10,16-17,21,41H,11-15,18H2,1-4H3,(H,37,42)/t21-/m0/s1. The molecule has 0 fully saturated rings. The van der Waals surface area contributed by atoms with E-state index in [0.717, 1.165) is 38.7 Å².